The highest BCUT2D eigenvalue weighted by molar-refractivity contribution is 5.74. The van der Waals surface area contributed by atoms with Crippen molar-refractivity contribution in [2.45, 2.75) is 6.36 Å². The van der Waals surface area contributed by atoms with Crippen molar-refractivity contribution in [2.75, 3.05) is 6.67 Å². The van der Waals surface area contributed by atoms with Crippen molar-refractivity contribution in [1.82, 2.24) is 0 Å². The van der Waals surface area contributed by atoms with Crippen LogP contribution in [0.4, 0.5) is 17.6 Å². The van der Waals surface area contributed by atoms with Gasteiger partial charge in [0.25, 0.3) is 0 Å². The molecule has 0 unspecified atom stereocenters. The summed E-state index contributed by atoms with van der Waals surface area (Å²) in [6.07, 6.45) is -1.16. The molecule has 0 N–H and O–H groups in total. The van der Waals surface area contributed by atoms with Crippen LogP contribution < -0.4 is 0 Å². The molecule has 0 bridgehead atoms. The number of halogens is 4. The maximum Gasteiger partial charge on any atom is 0.572 e. The molecule has 102 valence electrons. The highest BCUT2D eigenvalue weighted by atomic mass is 19.4. The van der Waals surface area contributed by atoms with Gasteiger partial charge in [-0.05, 0) is 17.2 Å². The van der Waals surface area contributed by atoms with Gasteiger partial charge in [-0.25, -0.2) is 4.39 Å². The van der Waals surface area contributed by atoms with E-state index in [0.717, 1.165) is 11.6 Å². The molecule has 0 fully saturated rings. The van der Waals surface area contributed by atoms with Crippen molar-refractivity contribution in [3.63, 3.8) is 0 Å². The molecule has 1 aromatic carbocycles. The first-order valence-corrected chi connectivity index (χ1v) is 5.36. The lowest BCUT2D eigenvalue weighted by Gasteiger charge is -2.09. The molecule has 0 saturated heterocycles. The van der Waals surface area contributed by atoms with E-state index in [4.69, 9.17) is 0 Å². The number of alkyl halides is 4. The van der Waals surface area contributed by atoms with Crippen LogP contribution in [0.25, 0.3) is 5.57 Å². The number of hydrogen-bond acceptors (Lipinski definition) is 1. The molecule has 1 aromatic rings. The Morgan fingerprint density at radius 3 is 2.26 bits per heavy atom. The van der Waals surface area contributed by atoms with Gasteiger partial charge >= 0.3 is 6.36 Å². The van der Waals surface area contributed by atoms with Crippen LogP contribution in [0.15, 0.2) is 60.9 Å². The molecule has 0 saturated carbocycles. The van der Waals surface area contributed by atoms with E-state index in [1.807, 2.05) is 0 Å². The van der Waals surface area contributed by atoms with Crippen LogP contribution in [-0.4, -0.2) is 13.0 Å². The van der Waals surface area contributed by atoms with E-state index in [0.29, 0.717) is 5.57 Å². The zero-order valence-corrected chi connectivity index (χ0v) is 9.95. The van der Waals surface area contributed by atoms with E-state index in [-0.39, 0.29) is 0 Å². The van der Waals surface area contributed by atoms with Crippen LogP contribution in [0.5, 0.6) is 0 Å². The minimum Gasteiger partial charge on any atom is -0.407 e. The van der Waals surface area contributed by atoms with Crippen molar-refractivity contribution < 1.29 is 22.3 Å². The van der Waals surface area contributed by atoms with Gasteiger partial charge < -0.3 is 4.74 Å². The maximum atomic E-state index is 12.4. The predicted octanol–water partition coefficient (Wildman–Crippen LogP) is 4.65. The largest absolute Gasteiger partial charge is 0.572 e. The molecule has 0 aliphatic rings. The van der Waals surface area contributed by atoms with Crippen molar-refractivity contribution >= 4 is 5.57 Å². The van der Waals surface area contributed by atoms with E-state index >= 15 is 0 Å². The Labute approximate surface area is 108 Å². The highest BCUT2D eigenvalue weighted by Gasteiger charge is 2.31. The van der Waals surface area contributed by atoms with Gasteiger partial charge in [0.05, 0.1) is 0 Å². The van der Waals surface area contributed by atoms with Crippen molar-refractivity contribution in [3.8, 4) is 0 Å². The second-order valence-electron chi connectivity index (χ2n) is 3.51. The Bertz CT molecular complexity index is 472. The smallest absolute Gasteiger partial charge is 0.407 e. The summed E-state index contributed by atoms with van der Waals surface area (Å²) < 4.78 is 51.8. The second kappa shape index (κ2) is 6.78. The summed E-state index contributed by atoms with van der Waals surface area (Å²) >= 11 is 0. The Hall–Kier alpha value is -2.04. The Morgan fingerprint density at radius 1 is 1.16 bits per heavy atom. The van der Waals surface area contributed by atoms with Gasteiger partial charge in [-0.15, -0.1) is 13.2 Å². The fourth-order valence-electron chi connectivity index (χ4n) is 1.35. The second-order valence-corrected chi connectivity index (χ2v) is 3.51. The van der Waals surface area contributed by atoms with Crippen LogP contribution >= 0.6 is 0 Å². The summed E-state index contributed by atoms with van der Waals surface area (Å²) in [5.74, 6) is -0.803. The summed E-state index contributed by atoms with van der Waals surface area (Å²) in [4.78, 5) is 0. The van der Waals surface area contributed by atoms with Crippen LogP contribution in [-0.2, 0) is 4.74 Å². The predicted molar refractivity (Wildman–Crippen MR) is 65.8 cm³/mol. The Balaban J connectivity index is 2.95. The summed E-state index contributed by atoms with van der Waals surface area (Å²) in [6.45, 7) is 2.22. The van der Waals surface area contributed by atoms with Crippen LogP contribution in [0.1, 0.15) is 5.56 Å². The van der Waals surface area contributed by atoms with Crippen molar-refractivity contribution in [2.24, 2.45) is 0 Å². The molecule has 1 rings (SSSR count). The number of allylic oxidation sites excluding steroid dienone is 5. The monoisotopic (exact) mass is 272 g/mol. The summed E-state index contributed by atoms with van der Waals surface area (Å²) in [7, 11) is 0. The molecule has 0 radical (unpaired) electrons. The van der Waals surface area contributed by atoms with Gasteiger partial charge in [0.15, 0.2) is 0 Å². The lowest BCUT2D eigenvalue weighted by Crippen LogP contribution is -2.13. The molecular weight excluding hydrogens is 260 g/mol. The summed E-state index contributed by atoms with van der Waals surface area (Å²) in [6, 6.07) is 8.89. The lowest BCUT2D eigenvalue weighted by molar-refractivity contribution is -0.306. The van der Waals surface area contributed by atoms with Gasteiger partial charge in [0.1, 0.15) is 12.4 Å². The Morgan fingerprint density at radius 2 is 1.79 bits per heavy atom. The van der Waals surface area contributed by atoms with Gasteiger partial charge in [0, 0.05) is 0 Å². The normalized spacial score (nSPS) is 13.3. The molecular formula is C14H12F4O. The summed E-state index contributed by atoms with van der Waals surface area (Å²) in [5, 5.41) is 0. The highest BCUT2D eigenvalue weighted by Crippen LogP contribution is 2.22. The van der Waals surface area contributed by atoms with Gasteiger partial charge in [0.2, 0.25) is 0 Å². The lowest BCUT2D eigenvalue weighted by atomic mass is 10.1. The first-order chi connectivity index (χ1) is 8.96. The fraction of sp³-hybridized carbons (Fsp3) is 0.143. The third kappa shape index (κ3) is 5.42. The maximum absolute atomic E-state index is 12.4. The first-order valence-electron chi connectivity index (χ1n) is 5.36. The molecule has 1 nitrogen and oxygen atoms in total. The molecule has 5 heteroatoms. The summed E-state index contributed by atoms with van der Waals surface area (Å²) in [5.41, 5.74) is 1.33. The van der Waals surface area contributed by atoms with Crippen molar-refractivity contribution in [1.29, 1.82) is 0 Å². The molecule has 0 spiro atoms. The number of ether oxygens (including phenoxy) is 1. The van der Waals surface area contributed by atoms with E-state index in [2.05, 4.69) is 11.3 Å². The average Bonchev–Trinajstić information content (AvgIpc) is 2.38. The van der Waals surface area contributed by atoms with Gasteiger partial charge in [-0.2, -0.15) is 0 Å². The van der Waals surface area contributed by atoms with Crippen LogP contribution in [0, 0.1) is 0 Å². The van der Waals surface area contributed by atoms with E-state index in [1.165, 1.54) is 12.2 Å². The molecule has 0 amide bonds. The third-order valence-electron chi connectivity index (χ3n) is 2.15. The minimum atomic E-state index is -4.90. The molecule has 19 heavy (non-hydrogen) atoms. The first kappa shape index (κ1) is 15.0. The third-order valence-corrected chi connectivity index (χ3v) is 2.15. The topological polar surface area (TPSA) is 9.23 Å². The zero-order valence-electron chi connectivity index (χ0n) is 9.95. The quantitative estimate of drug-likeness (QED) is 0.431. The van der Waals surface area contributed by atoms with Crippen molar-refractivity contribution in [3.05, 3.63) is 66.5 Å². The minimum absolute atomic E-state index is 0.567. The van der Waals surface area contributed by atoms with Crippen LogP contribution in [0.3, 0.4) is 0 Å². The standard InChI is InChI=1S/C14H12F4O/c1-2-11(12-6-4-3-5-7-12)8-9-13(10-15)19-14(16,17)18/h2-9H,1,10H2/b11-8+,13-9+. The fourth-order valence-corrected chi connectivity index (χ4v) is 1.35. The SMILES string of the molecule is C=C/C(=C\C=C(/CF)OC(F)(F)F)c1ccccc1. The number of hydrogen-bond donors (Lipinski definition) is 0. The molecule has 0 atom stereocenters. The van der Waals surface area contributed by atoms with E-state index in [1.54, 1.807) is 30.3 Å². The zero-order chi connectivity index (χ0) is 14.3. The molecule has 0 aliphatic carbocycles. The molecule has 0 heterocycles. The van der Waals surface area contributed by atoms with Crippen LogP contribution in [0.2, 0.25) is 0 Å². The van der Waals surface area contributed by atoms with Gasteiger partial charge in [-0.3, -0.25) is 0 Å². The van der Waals surface area contributed by atoms with E-state index in [9.17, 15) is 17.6 Å². The molecule has 0 aliphatic heterocycles. The Kier molecular flexibility index (Phi) is 5.36. The van der Waals surface area contributed by atoms with Gasteiger partial charge in [-0.1, -0.05) is 49.1 Å². The van der Waals surface area contributed by atoms with E-state index < -0.39 is 18.8 Å². The number of benzene rings is 1. The molecule has 0 aromatic heterocycles. The average molecular weight is 272 g/mol. The number of rotatable bonds is 5.